The van der Waals surface area contributed by atoms with Crippen LogP contribution in [-0.2, 0) is 23.1 Å². The molecule has 0 aromatic heterocycles. The van der Waals surface area contributed by atoms with E-state index >= 15 is 0 Å². The van der Waals surface area contributed by atoms with Gasteiger partial charge in [0.25, 0.3) is 0 Å². The number of carbonyl (C=O) groups excluding carboxylic acids is 1. The molecule has 0 saturated carbocycles. The molecule has 0 N–H and O–H groups in total. The first kappa shape index (κ1) is 34.2. The molecule has 0 aliphatic carbocycles. The van der Waals surface area contributed by atoms with E-state index in [-0.39, 0.29) is 28.9 Å². The lowest BCUT2D eigenvalue weighted by molar-refractivity contribution is -0.164. The molecule has 2 unspecified atom stereocenters. The van der Waals surface area contributed by atoms with Crippen molar-refractivity contribution in [3.05, 3.63) is 35.9 Å². The Kier molecular flexibility index (Phi) is 14.5. The standard InChI is InChI=1S/C30H53O5PS/c1-10-12-19-34-36(32,35-20-13-11-2)22-21-33-27(31)30(8,24-29(6,7)37-9)28(4,5)23-25(3)26-17-15-14-16-18-26/h14-18,25H,10-13,19-24H2,1-9H3. The molecule has 214 valence electrons. The Morgan fingerprint density at radius 2 is 1.49 bits per heavy atom. The van der Waals surface area contributed by atoms with E-state index in [0.717, 1.165) is 32.1 Å². The van der Waals surface area contributed by atoms with E-state index in [1.54, 1.807) is 11.8 Å². The molecule has 0 bridgehead atoms. The number of thioether (sulfide) groups is 1. The van der Waals surface area contributed by atoms with Crippen LogP contribution in [0.3, 0.4) is 0 Å². The second-order valence-corrected chi connectivity index (χ2v) is 15.4. The number of hydrogen-bond donors (Lipinski definition) is 0. The van der Waals surface area contributed by atoms with Crippen LogP contribution in [-0.4, -0.2) is 43.0 Å². The van der Waals surface area contributed by atoms with Gasteiger partial charge in [-0.15, -0.1) is 0 Å². The molecule has 0 heterocycles. The van der Waals surface area contributed by atoms with E-state index < -0.39 is 13.0 Å². The number of ether oxygens (including phenoxy) is 1. The van der Waals surface area contributed by atoms with E-state index in [9.17, 15) is 9.36 Å². The molecule has 0 fully saturated rings. The average Bonchev–Trinajstić information content (AvgIpc) is 2.84. The maximum Gasteiger partial charge on any atom is 0.334 e. The summed E-state index contributed by atoms with van der Waals surface area (Å²) in [6.45, 7) is 17.9. The van der Waals surface area contributed by atoms with Gasteiger partial charge < -0.3 is 13.8 Å². The Morgan fingerprint density at radius 1 is 0.946 bits per heavy atom. The minimum atomic E-state index is -3.32. The van der Waals surface area contributed by atoms with Gasteiger partial charge in [0, 0.05) is 4.75 Å². The van der Waals surface area contributed by atoms with Gasteiger partial charge in [0.2, 0.25) is 0 Å². The Morgan fingerprint density at radius 3 is 1.97 bits per heavy atom. The van der Waals surface area contributed by atoms with Gasteiger partial charge >= 0.3 is 13.6 Å². The number of rotatable bonds is 19. The summed E-state index contributed by atoms with van der Waals surface area (Å²) in [5, 5.41) is 0. The molecule has 0 aliphatic rings. The van der Waals surface area contributed by atoms with Gasteiger partial charge in [-0.3, -0.25) is 9.36 Å². The fourth-order valence-corrected chi connectivity index (χ4v) is 6.57. The molecule has 0 saturated heterocycles. The summed E-state index contributed by atoms with van der Waals surface area (Å²) in [5.74, 6) is 0.0495. The van der Waals surface area contributed by atoms with Crippen LogP contribution in [0.2, 0.25) is 0 Å². The van der Waals surface area contributed by atoms with Crippen LogP contribution >= 0.6 is 19.4 Å². The van der Waals surface area contributed by atoms with E-state index in [4.69, 9.17) is 13.8 Å². The number of carbonyl (C=O) groups is 1. The summed E-state index contributed by atoms with van der Waals surface area (Å²) in [5.41, 5.74) is 0.189. The predicted molar refractivity (Wildman–Crippen MR) is 159 cm³/mol. The zero-order chi connectivity index (χ0) is 28.2. The molecular formula is C30H53O5PS. The Bertz CT molecular complexity index is 828. The monoisotopic (exact) mass is 556 g/mol. The molecular weight excluding hydrogens is 503 g/mol. The van der Waals surface area contributed by atoms with Crippen molar-refractivity contribution < 1.29 is 23.1 Å². The highest BCUT2D eigenvalue weighted by Gasteiger charge is 2.51. The number of hydrogen-bond acceptors (Lipinski definition) is 6. The second-order valence-electron chi connectivity index (χ2n) is 11.7. The topological polar surface area (TPSA) is 61.8 Å². The minimum absolute atomic E-state index is 0.0218. The van der Waals surface area contributed by atoms with Crippen LogP contribution in [0, 0.1) is 10.8 Å². The first-order chi connectivity index (χ1) is 17.3. The maximum absolute atomic E-state index is 13.8. The lowest BCUT2D eigenvalue weighted by atomic mass is 9.59. The molecule has 1 aromatic rings. The second kappa shape index (κ2) is 15.7. The number of benzene rings is 1. The molecule has 7 heteroatoms. The van der Waals surface area contributed by atoms with Gasteiger partial charge in [-0.1, -0.05) is 91.6 Å². The third-order valence-corrected chi connectivity index (χ3v) is 10.8. The first-order valence-corrected chi connectivity index (χ1v) is 16.9. The van der Waals surface area contributed by atoms with Crippen molar-refractivity contribution in [3.63, 3.8) is 0 Å². The molecule has 0 radical (unpaired) electrons. The summed E-state index contributed by atoms with van der Waals surface area (Å²) in [4.78, 5) is 13.8. The normalized spacial score (nSPS) is 15.3. The van der Waals surface area contributed by atoms with Crippen LogP contribution in [0.1, 0.15) is 105 Å². The van der Waals surface area contributed by atoms with Gasteiger partial charge in [-0.25, -0.2) is 0 Å². The van der Waals surface area contributed by atoms with Crippen LogP contribution < -0.4 is 0 Å². The zero-order valence-electron chi connectivity index (χ0n) is 24.9. The van der Waals surface area contributed by atoms with Crippen molar-refractivity contribution in [1.82, 2.24) is 0 Å². The van der Waals surface area contributed by atoms with Crippen LogP contribution in [0.15, 0.2) is 30.3 Å². The Labute approximate surface area is 231 Å². The maximum atomic E-state index is 13.8. The molecule has 0 aliphatic heterocycles. The molecule has 1 aromatic carbocycles. The first-order valence-electron chi connectivity index (χ1n) is 13.9. The van der Waals surface area contributed by atoms with E-state index in [2.05, 4.69) is 79.0 Å². The predicted octanol–water partition coefficient (Wildman–Crippen LogP) is 9.11. The number of unbranched alkanes of at least 4 members (excludes halogenated alkanes) is 2. The Hall–Kier alpha value is -0.810. The van der Waals surface area contributed by atoms with E-state index in [0.29, 0.717) is 25.6 Å². The minimum Gasteiger partial charge on any atom is -0.465 e. The summed E-state index contributed by atoms with van der Waals surface area (Å²) in [7, 11) is -3.32. The zero-order valence-corrected chi connectivity index (χ0v) is 26.6. The molecule has 2 atom stereocenters. The smallest absolute Gasteiger partial charge is 0.334 e. The van der Waals surface area contributed by atoms with Crippen molar-refractivity contribution in [1.29, 1.82) is 0 Å². The largest absolute Gasteiger partial charge is 0.465 e. The SMILES string of the molecule is CCCCOP(=O)(CCOC(=O)C(C)(CC(C)(C)SC)C(C)(C)CC(C)c1ccccc1)OCCCC. The molecule has 5 nitrogen and oxygen atoms in total. The highest BCUT2D eigenvalue weighted by molar-refractivity contribution is 7.99. The van der Waals surface area contributed by atoms with E-state index in [1.165, 1.54) is 5.56 Å². The lowest BCUT2D eigenvalue weighted by Crippen LogP contribution is -2.47. The van der Waals surface area contributed by atoms with Gasteiger partial charge in [0.1, 0.15) is 6.61 Å². The van der Waals surface area contributed by atoms with Crippen LogP contribution in [0.25, 0.3) is 0 Å². The van der Waals surface area contributed by atoms with Crippen LogP contribution in [0.4, 0.5) is 0 Å². The van der Waals surface area contributed by atoms with Gasteiger partial charge in [0.05, 0.1) is 24.8 Å². The molecule has 1 rings (SSSR count). The third kappa shape index (κ3) is 11.1. The average molecular weight is 557 g/mol. The lowest BCUT2D eigenvalue weighted by Gasteiger charge is -2.47. The number of esters is 1. The van der Waals surface area contributed by atoms with Gasteiger partial charge in [0.15, 0.2) is 0 Å². The van der Waals surface area contributed by atoms with Crippen molar-refractivity contribution in [3.8, 4) is 0 Å². The Balaban J connectivity index is 3.06. The van der Waals surface area contributed by atoms with Crippen molar-refractivity contribution in [2.75, 3.05) is 32.2 Å². The summed E-state index contributed by atoms with van der Waals surface area (Å²) in [6.07, 6.45) is 7.21. The van der Waals surface area contributed by atoms with Gasteiger partial charge in [-0.2, -0.15) is 11.8 Å². The fraction of sp³-hybridized carbons (Fsp3) is 0.767. The van der Waals surface area contributed by atoms with Crippen molar-refractivity contribution in [2.45, 2.75) is 105 Å². The summed E-state index contributed by atoms with van der Waals surface area (Å²) >= 11 is 1.76. The van der Waals surface area contributed by atoms with Crippen molar-refractivity contribution in [2.24, 2.45) is 10.8 Å². The molecule has 0 amide bonds. The molecule has 37 heavy (non-hydrogen) atoms. The summed E-state index contributed by atoms with van der Waals surface area (Å²) in [6, 6.07) is 10.5. The molecule has 0 spiro atoms. The fourth-order valence-electron chi connectivity index (χ4n) is 4.67. The van der Waals surface area contributed by atoms with E-state index in [1.807, 2.05) is 13.0 Å². The van der Waals surface area contributed by atoms with Crippen LogP contribution in [0.5, 0.6) is 0 Å². The summed E-state index contributed by atoms with van der Waals surface area (Å²) < 4.78 is 30.5. The quantitative estimate of drug-likeness (QED) is 0.0962. The van der Waals surface area contributed by atoms with Crippen molar-refractivity contribution >= 4 is 25.3 Å². The highest BCUT2D eigenvalue weighted by atomic mass is 32.2. The third-order valence-electron chi connectivity index (χ3n) is 7.63. The van der Waals surface area contributed by atoms with Gasteiger partial charge in [-0.05, 0) is 55.8 Å². The highest BCUT2D eigenvalue weighted by Crippen LogP contribution is 2.53.